The average Bonchev–Trinajstić information content (AvgIpc) is 2.46. The van der Waals surface area contributed by atoms with Gasteiger partial charge in [0.25, 0.3) is 0 Å². The minimum atomic E-state index is 0.570. The van der Waals surface area contributed by atoms with E-state index in [1.165, 1.54) is 5.56 Å². The molecule has 19 heavy (non-hydrogen) atoms. The molecule has 0 saturated carbocycles. The van der Waals surface area contributed by atoms with E-state index in [1.807, 2.05) is 19.1 Å². The number of hydrogen-bond donors (Lipinski definition) is 3. The van der Waals surface area contributed by atoms with Gasteiger partial charge in [-0.1, -0.05) is 19.1 Å². The molecule has 1 aromatic carbocycles. The van der Waals surface area contributed by atoms with Gasteiger partial charge in [-0.2, -0.15) is 0 Å². The number of guanidine groups is 1. The number of benzene rings is 1. The summed E-state index contributed by atoms with van der Waals surface area (Å²) in [6.07, 6.45) is 1.92. The predicted molar refractivity (Wildman–Crippen MR) is 80.2 cm³/mol. The SMILES string of the molecule is CCOCCCN=C(NN)Nc1ccc(CC)cc1. The van der Waals surface area contributed by atoms with Crippen molar-refractivity contribution in [2.75, 3.05) is 25.1 Å². The zero-order chi connectivity index (χ0) is 13.9. The fraction of sp³-hybridized carbons (Fsp3) is 0.500. The highest BCUT2D eigenvalue weighted by atomic mass is 16.5. The highest BCUT2D eigenvalue weighted by molar-refractivity contribution is 5.93. The van der Waals surface area contributed by atoms with Gasteiger partial charge < -0.3 is 10.1 Å². The molecule has 0 unspecified atom stereocenters. The minimum absolute atomic E-state index is 0.570. The van der Waals surface area contributed by atoms with Gasteiger partial charge in [-0.25, -0.2) is 5.84 Å². The molecule has 0 bridgehead atoms. The third-order valence-corrected chi connectivity index (χ3v) is 2.68. The number of hydrogen-bond acceptors (Lipinski definition) is 3. The number of aryl methyl sites for hydroxylation is 1. The third-order valence-electron chi connectivity index (χ3n) is 2.68. The van der Waals surface area contributed by atoms with Gasteiger partial charge in [-0.05, 0) is 37.5 Å². The van der Waals surface area contributed by atoms with Crippen LogP contribution in [0, 0.1) is 0 Å². The number of nitrogens with two attached hydrogens (primary N) is 1. The van der Waals surface area contributed by atoms with E-state index in [9.17, 15) is 0 Å². The number of hydrazine groups is 1. The standard InChI is InChI=1S/C14H24N4O/c1-3-12-6-8-13(9-7-12)17-14(18-15)16-10-5-11-19-4-2/h6-9H,3-5,10-11,15H2,1-2H3,(H2,16,17,18). The lowest BCUT2D eigenvalue weighted by Crippen LogP contribution is -2.36. The van der Waals surface area contributed by atoms with Crippen molar-refractivity contribution in [1.29, 1.82) is 0 Å². The largest absolute Gasteiger partial charge is 0.382 e. The van der Waals surface area contributed by atoms with Crippen molar-refractivity contribution in [3.8, 4) is 0 Å². The zero-order valence-electron chi connectivity index (χ0n) is 11.8. The van der Waals surface area contributed by atoms with Crippen LogP contribution < -0.4 is 16.6 Å². The summed E-state index contributed by atoms with van der Waals surface area (Å²) in [5, 5.41) is 3.14. The molecule has 1 aromatic rings. The molecule has 0 radical (unpaired) electrons. The predicted octanol–water partition coefficient (Wildman–Crippen LogP) is 1.91. The van der Waals surface area contributed by atoms with Crippen molar-refractivity contribution < 1.29 is 4.74 Å². The third kappa shape index (κ3) is 6.22. The molecule has 0 atom stereocenters. The Kier molecular flexibility index (Phi) is 7.62. The summed E-state index contributed by atoms with van der Waals surface area (Å²) in [5.74, 6) is 6.01. The van der Waals surface area contributed by atoms with E-state index in [-0.39, 0.29) is 0 Å². The van der Waals surface area contributed by atoms with Crippen molar-refractivity contribution in [3.63, 3.8) is 0 Å². The summed E-state index contributed by atoms with van der Waals surface area (Å²) in [7, 11) is 0. The Balaban J connectivity index is 2.43. The van der Waals surface area contributed by atoms with Crippen LogP contribution in [0.25, 0.3) is 0 Å². The molecule has 0 amide bonds. The van der Waals surface area contributed by atoms with Crippen LogP contribution in [0.3, 0.4) is 0 Å². The molecule has 106 valence electrons. The molecule has 5 nitrogen and oxygen atoms in total. The molecule has 0 spiro atoms. The molecular formula is C14H24N4O. The van der Waals surface area contributed by atoms with Gasteiger partial charge >= 0.3 is 0 Å². The molecular weight excluding hydrogens is 240 g/mol. The second-order valence-corrected chi connectivity index (χ2v) is 4.10. The number of rotatable bonds is 7. The lowest BCUT2D eigenvalue weighted by molar-refractivity contribution is 0.146. The summed E-state index contributed by atoms with van der Waals surface area (Å²) in [5.41, 5.74) is 4.85. The Morgan fingerprint density at radius 3 is 2.58 bits per heavy atom. The monoisotopic (exact) mass is 264 g/mol. The van der Waals surface area contributed by atoms with Crippen molar-refractivity contribution in [1.82, 2.24) is 5.43 Å². The molecule has 0 aliphatic rings. The average molecular weight is 264 g/mol. The van der Waals surface area contributed by atoms with Gasteiger partial charge in [0, 0.05) is 25.4 Å². The summed E-state index contributed by atoms with van der Waals surface area (Å²) in [6.45, 7) is 6.27. The quantitative estimate of drug-likeness (QED) is 0.231. The molecule has 0 aliphatic carbocycles. The van der Waals surface area contributed by atoms with Gasteiger partial charge in [0.15, 0.2) is 0 Å². The first-order valence-corrected chi connectivity index (χ1v) is 6.74. The van der Waals surface area contributed by atoms with Crippen molar-refractivity contribution >= 4 is 11.6 Å². The molecule has 5 heteroatoms. The molecule has 4 N–H and O–H groups in total. The van der Waals surface area contributed by atoms with E-state index in [2.05, 4.69) is 34.8 Å². The first-order chi connectivity index (χ1) is 9.30. The normalized spacial score (nSPS) is 11.4. The van der Waals surface area contributed by atoms with Crippen LogP contribution in [0.15, 0.2) is 29.3 Å². The maximum Gasteiger partial charge on any atom is 0.210 e. The Labute approximate surface area is 115 Å². The second kappa shape index (κ2) is 9.35. The highest BCUT2D eigenvalue weighted by Gasteiger charge is 1.98. The summed E-state index contributed by atoms with van der Waals surface area (Å²) in [4.78, 5) is 4.34. The molecule has 0 heterocycles. The fourth-order valence-electron chi connectivity index (χ4n) is 1.58. The first kappa shape index (κ1) is 15.5. The number of nitrogens with one attached hydrogen (secondary N) is 2. The van der Waals surface area contributed by atoms with Crippen LogP contribution in [-0.4, -0.2) is 25.7 Å². The molecule has 1 rings (SSSR count). The molecule has 0 aromatic heterocycles. The van der Waals surface area contributed by atoms with Crippen molar-refractivity contribution in [2.45, 2.75) is 26.7 Å². The smallest absolute Gasteiger partial charge is 0.210 e. The molecule has 0 aliphatic heterocycles. The number of nitrogens with zero attached hydrogens (tertiary/aromatic N) is 1. The van der Waals surface area contributed by atoms with Gasteiger partial charge in [0.1, 0.15) is 0 Å². The van der Waals surface area contributed by atoms with Gasteiger partial charge in [0.05, 0.1) is 0 Å². The van der Waals surface area contributed by atoms with Crippen LogP contribution in [0.2, 0.25) is 0 Å². The van der Waals surface area contributed by atoms with E-state index in [0.29, 0.717) is 12.5 Å². The molecule has 0 saturated heterocycles. The van der Waals surface area contributed by atoms with E-state index in [1.54, 1.807) is 0 Å². The topological polar surface area (TPSA) is 71.7 Å². The van der Waals surface area contributed by atoms with Gasteiger partial charge in [0.2, 0.25) is 5.96 Å². The minimum Gasteiger partial charge on any atom is -0.382 e. The molecule has 0 fully saturated rings. The first-order valence-electron chi connectivity index (χ1n) is 6.74. The Morgan fingerprint density at radius 1 is 1.26 bits per heavy atom. The van der Waals surface area contributed by atoms with Crippen molar-refractivity contribution in [2.24, 2.45) is 10.8 Å². The lowest BCUT2D eigenvalue weighted by Gasteiger charge is -2.09. The summed E-state index contributed by atoms with van der Waals surface area (Å²) < 4.78 is 5.25. The zero-order valence-corrected chi connectivity index (χ0v) is 11.8. The van der Waals surface area contributed by atoms with Crippen molar-refractivity contribution in [3.05, 3.63) is 29.8 Å². The Hall–Kier alpha value is -1.59. The number of ether oxygens (including phenoxy) is 1. The summed E-state index contributed by atoms with van der Waals surface area (Å²) in [6, 6.07) is 8.22. The van der Waals surface area contributed by atoms with Gasteiger partial charge in [-0.3, -0.25) is 10.4 Å². The maximum absolute atomic E-state index is 5.44. The van der Waals surface area contributed by atoms with E-state index in [0.717, 1.165) is 31.7 Å². The van der Waals surface area contributed by atoms with Crippen LogP contribution in [-0.2, 0) is 11.2 Å². The van der Waals surface area contributed by atoms with E-state index in [4.69, 9.17) is 10.6 Å². The summed E-state index contributed by atoms with van der Waals surface area (Å²) >= 11 is 0. The second-order valence-electron chi connectivity index (χ2n) is 4.10. The van der Waals surface area contributed by atoms with E-state index >= 15 is 0 Å². The van der Waals surface area contributed by atoms with Crippen LogP contribution in [0.4, 0.5) is 5.69 Å². The van der Waals surface area contributed by atoms with Crippen LogP contribution in [0.1, 0.15) is 25.8 Å². The highest BCUT2D eigenvalue weighted by Crippen LogP contribution is 2.09. The lowest BCUT2D eigenvalue weighted by atomic mass is 10.1. The van der Waals surface area contributed by atoms with Crippen LogP contribution in [0.5, 0.6) is 0 Å². The van der Waals surface area contributed by atoms with Crippen LogP contribution >= 0.6 is 0 Å². The Morgan fingerprint density at radius 2 is 2.00 bits per heavy atom. The van der Waals surface area contributed by atoms with E-state index < -0.39 is 0 Å². The number of anilines is 1. The number of aliphatic imine (C=N–C) groups is 1. The Bertz CT molecular complexity index is 376. The van der Waals surface area contributed by atoms with Gasteiger partial charge in [-0.15, -0.1) is 0 Å². The fourth-order valence-corrected chi connectivity index (χ4v) is 1.58. The maximum atomic E-state index is 5.44.